The SMILES string of the molecule is CCCCOc1cccc(C(F)(F)CNCC(=O)N2CCOc3ccccc32)c1. The van der Waals surface area contributed by atoms with Crippen LogP contribution in [0.2, 0.25) is 0 Å². The standard InChI is InChI=1S/C22H26F2N2O3/c1-2-3-12-28-18-8-6-7-17(14-18)22(23,24)16-25-15-21(27)26-11-13-29-20-10-5-4-9-19(20)26/h4-10,14,25H,2-3,11-13,15-16H2,1H3. The fraction of sp³-hybridized carbons (Fsp3) is 0.409. The molecular weight excluding hydrogens is 378 g/mol. The average Bonchev–Trinajstić information content (AvgIpc) is 2.73. The second kappa shape index (κ2) is 9.69. The molecule has 0 aliphatic carbocycles. The lowest BCUT2D eigenvalue weighted by atomic mass is 10.1. The predicted octanol–water partition coefficient (Wildman–Crippen LogP) is 3.97. The quantitative estimate of drug-likeness (QED) is 0.643. The number of benzene rings is 2. The maximum Gasteiger partial charge on any atom is 0.285 e. The van der Waals surface area contributed by atoms with Crippen molar-refractivity contribution in [2.45, 2.75) is 25.7 Å². The van der Waals surface area contributed by atoms with Crippen molar-refractivity contribution < 1.29 is 23.0 Å². The number of anilines is 1. The van der Waals surface area contributed by atoms with Crippen molar-refractivity contribution >= 4 is 11.6 Å². The number of amides is 1. The summed E-state index contributed by atoms with van der Waals surface area (Å²) < 4.78 is 40.2. The Bertz CT molecular complexity index is 829. The highest BCUT2D eigenvalue weighted by atomic mass is 19.3. The number of unbranched alkanes of at least 4 members (excludes halogenated alkanes) is 1. The Kier molecular flexibility index (Phi) is 7.04. The minimum Gasteiger partial charge on any atom is -0.494 e. The van der Waals surface area contributed by atoms with E-state index in [1.54, 1.807) is 29.2 Å². The van der Waals surface area contributed by atoms with Gasteiger partial charge in [-0.3, -0.25) is 4.79 Å². The molecule has 1 aliphatic heterocycles. The van der Waals surface area contributed by atoms with Gasteiger partial charge >= 0.3 is 0 Å². The third kappa shape index (κ3) is 5.44. The summed E-state index contributed by atoms with van der Waals surface area (Å²) in [4.78, 5) is 14.1. The van der Waals surface area contributed by atoms with Gasteiger partial charge in [-0.1, -0.05) is 37.6 Å². The molecule has 2 aromatic carbocycles. The van der Waals surface area contributed by atoms with Gasteiger partial charge < -0.3 is 19.7 Å². The van der Waals surface area contributed by atoms with E-state index >= 15 is 0 Å². The molecule has 0 fully saturated rings. The lowest BCUT2D eigenvalue weighted by molar-refractivity contribution is -0.118. The summed E-state index contributed by atoms with van der Waals surface area (Å²) in [6.45, 7) is 2.49. The van der Waals surface area contributed by atoms with Gasteiger partial charge in [0, 0.05) is 5.56 Å². The monoisotopic (exact) mass is 404 g/mol. The molecule has 0 radical (unpaired) electrons. The number of fused-ring (bicyclic) bond motifs is 1. The number of ether oxygens (including phenoxy) is 2. The van der Waals surface area contributed by atoms with Crippen molar-refractivity contribution in [1.29, 1.82) is 0 Å². The van der Waals surface area contributed by atoms with Crippen molar-refractivity contribution in [2.75, 3.05) is 37.7 Å². The molecule has 0 saturated carbocycles. The molecule has 0 aromatic heterocycles. The Balaban J connectivity index is 1.56. The smallest absolute Gasteiger partial charge is 0.285 e. The number of rotatable bonds is 9. The summed E-state index contributed by atoms with van der Waals surface area (Å²) in [6, 6.07) is 13.2. The first-order valence-electron chi connectivity index (χ1n) is 9.85. The highest BCUT2D eigenvalue weighted by molar-refractivity contribution is 5.96. The van der Waals surface area contributed by atoms with Crippen LogP contribution >= 0.6 is 0 Å². The summed E-state index contributed by atoms with van der Waals surface area (Å²) in [5.74, 6) is -2.34. The lowest BCUT2D eigenvalue weighted by Crippen LogP contribution is -2.44. The van der Waals surface area contributed by atoms with Crippen LogP contribution in [0.3, 0.4) is 0 Å². The maximum absolute atomic E-state index is 14.6. The number of alkyl halides is 2. The summed E-state index contributed by atoms with van der Waals surface area (Å²) in [5.41, 5.74) is 0.525. The predicted molar refractivity (Wildman–Crippen MR) is 108 cm³/mol. The Morgan fingerprint density at radius 1 is 1.24 bits per heavy atom. The molecule has 2 aromatic rings. The van der Waals surface area contributed by atoms with Gasteiger partial charge in [-0.25, -0.2) is 0 Å². The van der Waals surface area contributed by atoms with Gasteiger partial charge in [0.15, 0.2) is 0 Å². The zero-order valence-electron chi connectivity index (χ0n) is 16.5. The summed E-state index contributed by atoms with van der Waals surface area (Å²) >= 11 is 0. The highest BCUT2D eigenvalue weighted by Gasteiger charge is 2.32. The van der Waals surface area contributed by atoms with E-state index in [0.717, 1.165) is 12.8 Å². The van der Waals surface area contributed by atoms with E-state index in [4.69, 9.17) is 9.47 Å². The minimum absolute atomic E-state index is 0.136. The van der Waals surface area contributed by atoms with Crippen molar-refractivity contribution in [3.8, 4) is 11.5 Å². The number of carbonyl (C=O) groups is 1. The van der Waals surface area contributed by atoms with Crippen LogP contribution in [0.1, 0.15) is 25.3 Å². The number of halogens is 2. The van der Waals surface area contributed by atoms with Crippen LogP contribution in [0, 0.1) is 0 Å². The number of hydrogen-bond donors (Lipinski definition) is 1. The summed E-state index contributed by atoms with van der Waals surface area (Å²) in [6.07, 6.45) is 1.84. The van der Waals surface area contributed by atoms with Gasteiger partial charge in [-0.15, -0.1) is 0 Å². The molecule has 0 unspecified atom stereocenters. The zero-order chi connectivity index (χ0) is 20.7. The molecule has 156 valence electrons. The van der Waals surface area contributed by atoms with E-state index in [2.05, 4.69) is 5.32 Å². The van der Waals surface area contributed by atoms with E-state index in [1.165, 1.54) is 12.1 Å². The number of hydrogen-bond acceptors (Lipinski definition) is 4. The third-order valence-electron chi connectivity index (χ3n) is 4.68. The average molecular weight is 404 g/mol. The van der Waals surface area contributed by atoms with Gasteiger partial charge in [0.05, 0.1) is 31.9 Å². The number of nitrogens with zero attached hydrogens (tertiary/aromatic N) is 1. The van der Waals surface area contributed by atoms with Gasteiger partial charge in [-0.2, -0.15) is 8.78 Å². The van der Waals surface area contributed by atoms with Crippen molar-refractivity contribution in [2.24, 2.45) is 0 Å². The van der Waals surface area contributed by atoms with Crippen molar-refractivity contribution in [3.63, 3.8) is 0 Å². The molecular formula is C22H26F2N2O3. The Labute approximate surface area is 169 Å². The van der Waals surface area contributed by atoms with E-state index in [0.29, 0.717) is 36.9 Å². The van der Waals surface area contributed by atoms with Crippen LogP contribution in [0.15, 0.2) is 48.5 Å². The molecule has 3 rings (SSSR count). The van der Waals surface area contributed by atoms with Crippen molar-refractivity contribution in [1.82, 2.24) is 5.32 Å². The summed E-state index contributed by atoms with van der Waals surface area (Å²) in [7, 11) is 0. The van der Waals surface area contributed by atoms with Crippen LogP contribution in [-0.2, 0) is 10.7 Å². The number of carbonyl (C=O) groups excluding carboxylic acids is 1. The van der Waals surface area contributed by atoms with E-state index in [9.17, 15) is 13.6 Å². The second-order valence-electron chi connectivity index (χ2n) is 6.90. The Morgan fingerprint density at radius 3 is 2.90 bits per heavy atom. The largest absolute Gasteiger partial charge is 0.494 e. The Morgan fingerprint density at radius 2 is 2.07 bits per heavy atom. The molecule has 0 spiro atoms. The van der Waals surface area contributed by atoms with E-state index < -0.39 is 12.5 Å². The van der Waals surface area contributed by atoms with Gasteiger partial charge in [0.2, 0.25) is 5.91 Å². The third-order valence-corrected chi connectivity index (χ3v) is 4.68. The lowest BCUT2D eigenvalue weighted by Gasteiger charge is -2.29. The highest BCUT2D eigenvalue weighted by Crippen LogP contribution is 2.31. The molecule has 1 N–H and O–H groups in total. The molecule has 0 bridgehead atoms. The molecule has 29 heavy (non-hydrogen) atoms. The fourth-order valence-corrected chi connectivity index (χ4v) is 3.10. The van der Waals surface area contributed by atoms with Crippen molar-refractivity contribution in [3.05, 3.63) is 54.1 Å². The number of para-hydroxylation sites is 2. The molecule has 1 aliphatic rings. The molecule has 1 heterocycles. The van der Waals surface area contributed by atoms with Gasteiger partial charge in [0.25, 0.3) is 5.92 Å². The maximum atomic E-state index is 14.6. The molecule has 5 nitrogen and oxygen atoms in total. The van der Waals surface area contributed by atoms with Gasteiger partial charge in [-0.05, 0) is 30.7 Å². The topological polar surface area (TPSA) is 50.8 Å². The van der Waals surface area contributed by atoms with Crippen LogP contribution in [0.4, 0.5) is 14.5 Å². The Hall–Kier alpha value is -2.67. The molecule has 1 amide bonds. The first-order chi connectivity index (χ1) is 14.0. The van der Waals surface area contributed by atoms with E-state index in [1.807, 2.05) is 19.1 Å². The van der Waals surface area contributed by atoms with Gasteiger partial charge in [0.1, 0.15) is 18.1 Å². The van der Waals surface area contributed by atoms with Crippen LogP contribution in [-0.4, -0.2) is 38.8 Å². The first kappa shape index (κ1) is 21.0. The molecule has 7 heteroatoms. The first-order valence-corrected chi connectivity index (χ1v) is 9.85. The van der Waals surface area contributed by atoms with Crippen LogP contribution in [0.25, 0.3) is 0 Å². The van der Waals surface area contributed by atoms with Crippen LogP contribution in [0.5, 0.6) is 11.5 Å². The normalized spacial score (nSPS) is 13.6. The van der Waals surface area contributed by atoms with E-state index in [-0.39, 0.29) is 18.0 Å². The minimum atomic E-state index is -3.12. The number of nitrogens with one attached hydrogen (secondary N) is 1. The fourth-order valence-electron chi connectivity index (χ4n) is 3.10. The molecule has 0 atom stereocenters. The van der Waals surface area contributed by atoms with Crippen LogP contribution < -0.4 is 19.7 Å². The second-order valence-corrected chi connectivity index (χ2v) is 6.90. The molecule has 0 saturated heterocycles. The summed E-state index contributed by atoms with van der Waals surface area (Å²) in [5, 5.41) is 2.60. The zero-order valence-corrected chi connectivity index (χ0v) is 16.5.